The molecule has 5 fully saturated rings. The largest absolute Gasteiger partial charge is 0.458 e. The summed E-state index contributed by atoms with van der Waals surface area (Å²) in [6, 6.07) is 9.48. The molecule has 0 amide bonds. The molecule has 1 aromatic carbocycles. The standard InChI is InChI=1S/C40H58O5/c1-37(2,3)45-35(41)23-42-20-18-26-7-9-27(10-8-26)32-22-39(6)33(28-11-12-28)15-16-34(39)31-14-13-29-21-40(19-17-30(29)36(31)32)43-24-38(4,5)25-44-40/h7-10,28-29,31-34H,11-25H2,1-6H3. The van der Waals surface area contributed by atoms with Crippen molar-refractivity contribution in [1.29, 1.82) is 0 Å². The molecule has 6 atom stereocenters. The Bertz CT molecular complexity index is 1270. The fraction of sp³-hybridized carbons (Fsp3) is 0.775. The first-order valence-electron chi connectivity index (χ1n) is 18.2. The van der Waals surface area contributed by atoms with E-state index in [0.717, 1.165) is 62.6 Å². The van der Waals surface area contributed by atoms with E-state index in [2.05, 4.69) is 45.0 Å². The van der Waals surface area contributed by atoms with Crippen molar-refractivity contribution in [1.82, 2.24) is 0 Å². The van der Waals surface area contributed by atoms with Gasteiger partial charge in [0.1, 0.15) is 12.2 Å². The third-order valence-electron chi connectivity index (χ3n) is 12.6. The lowest BCUT2D eigenvalue weighted by atomic mass is 9.50. The zero-order valence-electron chi connectivity index (χ0n) is 28.9. The van der Waals surface area contributed by atoms with Crippen molar-refractivity contribution in [2.24, 2.45) is 40.4 Å². The maximum atomic E-state index is 12.0. The second-order valence-electron chi connectivity index (χ2n) is 17.7. The SMILES string of the molecule is CC1(C)COC2(CCC3=C4C(c5ccc(CCOCC(=O)OC(C)(C)C)cc5)CC5(C)C(C6CC6)CCC5C4CCC3C2)OC1. The van der Waals surface area contributed by atoms with Crippen LogP contribution in [-0.2, 0) is 30.2 Å². The van der Waals surface area contributed by atoms with Gasteiger partial charge < -0.3 is 18.9 Å². The molecule has 1 spiro atoms. The van der Waals surface area contributed by atoms with Crippen LogP contribution in [0.1, 0.15) is 123 Å². The molecule has 4 saturated carbocycles. The number of benzene rings is 1. The number of rotatable bonds is 7. The molecular weight excluding hydrogens is 560 g/mol. The zero-order valence-corrected chi connectivity index (χ0v) is 28.9. The van der Waals surface area contributed by atoms with E-state index in [9.17, 15) is 4.79 Å². The van der Waals surface area contributed by atoms with Gasteiger partial charge in [0, 0.05) is 24.2 Å². The second-order valence-corrected chi connectivity index (χ2v) is 17.7. The van der Waals surface area contributed by atoms with Crippen LogP contribution >= 0.6 is 0 Å². The van der Waals surface area contributed by atoms with Gasteiger partial charge in [-0.15, -0.1) is 0 Å². The molecule has 7 rings (SSSR count). The minimum atomic E-state index is -0.481. The van der Waals surface area contributed by atoms with E-state index in [-0.39, 0.29) is 23.8 Å². The molecule has 6 unspecified atom stereocenters. The monoisotopic (exact) mass is 618 g/mol. The average Bonchev–Trinajstić information content (AvgIpc) is 3.76. The van der Waals surface area contributed by atoms with Gasteiger partial charge in [0.15, 0.2) is 5.79 Å². The van der Waals surface area contributed by atoms with Gasteiger partial charge in [-0.2, -0.15) is 0 Å². The second kappa shape index (κ2) is 11.8. The summed E-state index contributed by atoms with van der Waals surface area (Å²) in [5.41, 5.74) is 6.49. The van der Waals surface area contributed by atoms with Gasteiger partial charge in [0.2, 0.25) is 0 Å². The molecular formula is C40H58O5. The fourth-order valence-electron chi connectivity index (χ4n) is 10.5. The highest BCUT2D eigenvalue weighted by molar-refractivity contribution is 5.71. The van der Waals surface area contributed by atoms with E-state index in [1.165, 1.54) is 56.1 Å². The summed E-state index contributed by atoms with van der Waals surface area (Å²) in [4.78, 5) is 12.0. The van der Waals surface area contributed by atoms with Gasteiger partial charge in [-0.3, -0.25) is 0 Å². The number of hydrogen-bond donors (Lipinski definition) is 0. The molecule has 5 heteroatoms. The maximum absolute atomic E-state index is 12.0. The minimum absolute atomic E-state index is 0.00789. The molecule has 0 aromatic heterocycles. The quantitative estimate of drug-likeness (QED) is 0.174. The molecule has 5 nitrogen and oxygen atoms in total. The van der Waals surface area contributed by atoms with Crippen molar-refractivity contribution in [2.45, 2.75) is 129 Å². The van der Waals surface area contributed by atoms with Crippen LogP contribution in [0.3, 0.4) is 0 Å². The van der Waals surface area contributed by atoms with Crippen LogP contribution in [0.4, 0.5) is 0 Å². The van der Waals surface area contributed by atoms with E-state index in [4.69, 9.17) is 18.9 Å². The first-order valence-corrected chi connectivity index (χ1v) is 18.2. The number of fused-ring (bicyclic) bond motifs is 4. The van der Waals surface area contributed by atoms with E-state index < -0.39 is 5.60 Å². The molecule has 1 aliphatic heterocycles. The third-order valence-corrected chi connectivity index (χ3v) is 12.6. The molecule has 0 bridgehead atoms. The van der Waals surface area contributed by atoms with Gasteiger partial charge in [-0.05, 0) is 125 Å². The van der Waals surface area contributed by atoms with E-state index >= 15 is 0 Å². The summed E-state index contributed by atoms with van der Waals surface area (Å²) in [5.74, 6) is 3.94. The third kappa shape index (κ3) is 6.44. The Morgan fingerprint density at radius 2 is 1.62 bits per heavy atom. The van der Waals surface area contributed by atoms with Gasteiger partial charge >= 0.3 is 5.97 Å². The normalized spacial score (nSPS) is 35.5. The topological polar surface area (TPSA) is 54.0 Å². The van der Waals surface area contributed by atoms with Crippen LogP contribution in [0.25, 0.3) is 0 Å². The van der Waals surface area contributed by atoms with E-state index in [1.807, 2.05) is 26.3 Å². The van der Waals surface area contributed by atoms with Crippen molar-refractivity contribution >= 4 is 5.97 Å². The molecule has 1 heterocycles. The minimum Gasteiger partial charge on any atom is -0.458 e. The van der Waals surface area contributed by atoms with Crippen LogP contribution in [0.2, 0.25) is 0 Å². The summed E-state index contributed by atoms with van der Waals surface area (Å²) < 4.78 is 24.2. The molecule has 1 saturated heterocycles. The van der Waals surface area contributed by atoms with Crippen molar-refractivity contribution in [2.75, 3.05) is 26.4 Å². The van der Waals surface area contributed by atoms with Crippen molar-refractivity contribution in [3.8, 4) is 0 Å². The van der Waals surface area contributed by atoms with Gasteiger partial charge in [0.25, 0.3) is 0 Å². The Balaban J connectivity index is 1.11. The number of ether oxygens (including phenoxy) is 4. The summed E-state index contributed by atoms with van der Waals surface area (Å²) in [7, 11) is 0. The Morgan fingerprint density at radius 3 is 2.31 bits per heavy atom. The Kier molecular flexibility index (Phi) is 8.34. The number of esters is 1. The lowest BCUT2D eigenvalue weighted by Crippen LogP contribution is -2.52. The molecule has 45 heavy (non-hydrogen) atoms. The van der Waals surface area contributed by atoms with E-state index in [1.54, 1.807) is 5.57 Å². The van der Waals surface area contributed by atoms with Gasteiger partial charge in [0.05, 0.1) is 19.8 Å². The van der Waals surface area contributed by atoms with Crippen molar-refractivity contribution in [3.05, 3.63) is 46.5 Å². The fourth-order valence-corrected chi connectivity index (χ4v) is 10.5. The summed E-state index contributed by atoms with van der Waals surface area (Å²) in [6.07, 6.45) is 13.7. The first-order chi connectivity index (χ1) is 21.3. The molecule has 0 N–H and O–H groups in total. The van der Waals surface area contributed by atoms with Crippen LogP contribution < -0.4 is 0 Å². The lowest BCUT2D eigenvalue weighted by molar-refractivity contribution is -0.312. The first kappa shape index (κ1) is 31.9. The highest BCUT2D eigenvalue weighted by Crippen LogP contribution is 2.69. The van der Waals surface area contributed by atoms with Gasteiger partial charge in [-0.1, -0.05) is 56.2 Å². The predicted octanol–water partition coefficient (Wildman–Crippen LogP) is 8.79. The van der Waals surface area contributed by atoms with Crippen LogP contribution in [-0.4, -0.2) is 43.8 Å². The number of hydrogen-bond acceptors (Lipinski definition) is 5. The predicted molar refractivity (Wildman–Crippen MR) is 177 cm³/mol. The molecule has 248 valence electrons. The van der Waals surface area contributed by atoms with Crippen LogP contribution in [0.15, 0.2) is 35.4 Å². The van der Waals surface area contributed by atoms with E-state index in [0.29, 0.717) is 23.9 Å². The van der Waals surface area contributed by atoms with Crippen LogP contribution in [0.5, 0.6) is 0 Å². The number of allylic oxidation sites excluding steroid dienone is 2. The maximum Gasteiger partial charge on any atom is 0.332 e. The number of carbonyl (C=O) groups is 1. The molecule has 1 aromatic rings. The Morgan fingerprint density at radius 1 is 0.911 bits per heavy atom. The highest BCUT2D eigenvalue weighted by atomic mass is 16.7. The molecule has 0 radical (unpaired) electrons. The molecule has 5 aliphatic carbocycles. The summed E-state index contributed by atoms with van der Waals surface area (Å²) in [6.45, 7) is 15.0. The summed E-state index contributed by atoms with van der Waals surface area (Å²) in [5, 5.41) is 0. The smallest absolute Gasteiger partial charge is 0.332 e. The van der Waals surface area contributed by atoms with Gasteiger partial charge in [-0.25, -0.2) is 4.79 Å². The zero-order chi connectivity index (χ0) is 31.6. The highest BCUT2D eigenvalue weighted by Gasteiger charge is 2.60. The molecule has 6 aliphatic rings. The Labute approximate surface area is 272 Å². The summed E-state index contributed by atoms with van der Waals surface area (Å²) >= 11 is 0. The van der Waals surface area contributed by atoms with Crippen molar-refractivity contribution < 1.29 is 23.7 Å². The Hall–Kier alpha value is -1.69. The number of carbonyl (C=O) groups excluding carboxylic acids is 1. The van der Waals surface area contributed by atoms with Crippen LogP contribution in [0, 0.1) is 40.4 Å². The average molecular weight is 619 g/mol. The lowest BCUT2D eigenvalue weighted by Gasteiger charge is -2.56. The van der Waals surface area contributed by atoms with Crippen molar-refractivity contribution in [3.63, 3.8) is 0 Å².